The summed E-state index contributed by atoms with van der Waals surface area (Å²) in [6.45, 7) is 15.2. The fourth-order valence-electron chi connectivity index (χ4n) is 4.81. The molecule has 0 saturated carbocycles. The van der Waals surface area contributed by atoms with Crippen LogP contribution in [0.4, 0.5) is 0 Å². The molecule has 5 rings (SSSR count). The van der Waals surface area contributed by atoms with Crippen LogP contribution in [0.1, 0.15) is 52.5 Å². The smallest absolute Gasteiger partial charge is 0.240 e. The third-order valence-corrected chi connectivity index (χ3v) is 7.48. The van der Waals surface area contributed by atoms with Gasteiger partial charge in [0.1, 0.15) is 11.3 Å². The molecule has 2 aliphatic heterocycles. The molecule has 37 heavy (non-hydrogen) atoms. The molecule has 8 heteroatoms. The van der Waals surface area contributed by atoms with Crippen LogP contribution in [0.25, 0.3) is 22.6 Å². The second kappa shape index (κ2) is 12.3. The summed E-state index contributed by atoms with van der Waals surface area (Å²) in [5.74, 6) is 0.750. The number of hydrogen-bond acceptors (Lipinski definition) is 7. The van der Waals surface area contributed by atoms with Crippen molar-refractivity contribution in [3.05, 3.63) is 48.0 Å². The van der Waals surface area contributed by atoms with E-state index in [1.165, 1.54) is 39.1 Å². The molecule has 0 spiro atoms. The SMILES string of the molecule is CCC(C)N1CCN(CC)CC1.CCC1CC(=O)NN=C1c1ccc2nc(-c3ccc(O)cc3)oc2c1. The van der Waals surface area contributed by atoms with E-state index in [9.17, 15) is 9.90 Å². The lowest BCUT2D eigenvalue weighted by atomic mass is 9.90. The Labute approximate surface area is 219 Å². The average molecular weight is 506 g/mol. The number of nitrogens with one attached hydrogen (secondary N) is 1. The summed E-state index contributed by atoms with van der Waals surface area (Å²) < 4.78 is 5.88. The van der Waals surface area contributed by atoms with Crippen LogP contribution in [0.5, 0.6) is 5.75 Å². The van der Waals surface area contributed by atoms with Gasteiger partial charge < -0.3 is 14.4 Å². The van der Waals surface area contributed by atoms with Gasteiger partial charge in [0, 0.05) is 55.7 Å². The van der Waals surface area contributed by atoms with Crippen molar-refractivity contribution in [2.45, 2.75) is 53.0 Å². The van der Waals surface area contributed by atoms with Crippen LogP contribution in [0.15, 0.2) is 52.0 Å². The van der Waals surface area contributed by atoms with Crippen molar-refractivity contribution in [1.29, 1.82) is 0 Å². The zero-order valence-corrected chi connectivity index (χ0v) is 22.4. The van der Waals surface area contributed by atoms with E-state index in [-0.39, 0.29) is 17.6 Å². The largest absolute Gasteiger partial charge is 0.508 e. The average Bonchev–Trinajstić information content (AvgIpc) is 3.37. The molecule has 2 N–H and O–H groups in total. The highest BCUT2D eigenvalue weighted by Gasteiger charge is 2.24. The first-order valence-electron chi connectivity index (χ1n) is 13.4. The molecule has 1 fully saturated rings. The highest BCUT2D eigenvalue weighted by Crippen LogP contribution is 2.28. The molecule has 2 aliphatic rings. The fraction of sp³-hybridized carbons (Fsp3) is 0.483. The number of benzene rings is 2. The molecule has 1 aromatic heterocycles. The molecular weight excluding hydrogens is 466 g/mol. The van der Waals surface area contributed by atoms with Crippen molar-refractivity contribution in [2.75, 3.05) is 32.7 Å². The quantitative estimate of drug-likeness (QED) is 0.496. The molecule has 3 heterocycles. The minimum Gasteiger partial charge on any atom is -0.508 e. The van der Waals surface area contributed by atoms with Gasteiger partial charge in [-0.1, -0.05) is 26.8 Å². The lowest BCUT2D eigenvalue weighted by Gasteiger charge is -2.37. The number of aromatic nitrogens is 1. The van der Waals surface area contributed by atoms with Crippen molar-refractivity contribution in [3.8, 4) is 17.2 Å². The van der Waals surface area contributed by atoms with Gasteiger partial charge in [-0.15, -0.1) is 0 Å². The Hall–Kier alpha value is -3.23. The second-order valence-electron chi connectivity index (χ2n) is 9.82. The fourth-order valence-corrected chi connectivity index (χ4v) is 4.81. The lowest BCUT2D eigenvalue weighted by Crippen LogP contribution is -2.49. The number of carbonyl (C=O) groups excluding carboxylic acids is 1. The van der Waals surface area contributed by atoms with Crippen LogP contribution in [0.2, 0.25) is 0 Å². The first-order valence-corrected chi connectivity index (χ1v) is 13.4. The predicted octanol–water partition coefficient (Wildman–Crippen LogP) is 4.87. The van der Waals surface area contributed by atoms with Gasteiger partial charge in [0.2, 0.25) is 11.8 Å². The van der Waals surface area contributed by atoms with Gasteiger partial charge in [0.15, 0.2) is 5.58 Å². The highest BCUT2D eigenvalue weighted by molar-refractivity contribution is 6.07. The number of likely N-dealkylation sites (N-methyl/N-ethyl adjacent to an activating group) is 1. The Kier molecular flexibility index (Phi) is 8.95. The number of hydrazone groups is 1. The Bertz CT molecular complexity index is 1210. The predicted molar refractivity (Wildman–Crippen MR) is 148 cm³/mol. The van der Waals surface area contributed by atoms with Gasteiger partial charge in [-0.3, -0.25) is 9.69 Å². The molecule has 0 radical (unpaired) electrons. The van der Waals surface area contributed by atoms with Gasteiger partial charge in [-0.2, -0.15) is 5.10 Å². The van der Waals surface area contributed by atoms with E-state index in [2.05, 4.69) is 53.0 Å². The first kappa shape index (κ1) is 26.8. The summed E-state index contributed by atoms with van der Waals surface area (Å²) in [4.78, 5) is 21.2. The van der Waals surface area contributed by atoms with E-state index >= 15 is 0 Å². The number of fused-ring (bicyclic) bond motifs is 1. The molecular formula is C29H39N5O3. The third kappa shape index (κ3) is 6.56. The number of aromatic hydroxyl groups is 1. The van der Waals surface area contributed by atoms with E-state index in [1.54, 1.807) is 24.3 Å². The lowest BCUT2D eigenvalue weighted by molar-refractivity contribution is -0.122. The monoisotopic (exact) mass is 505 g/mol. The number of phenolic OH excluding ortho intramolecular Hbond substituents is 1. The Balaban J connectivity index is 0.000000225. The van der Waals surface area contributed by atoms with Crippen LogP contribution < -0.4 is 5.43 Å². The first-order chi connectivity index (χ1) is 17.9. The molecule has 1 saturated heterocycles. The minimum atomic E-state index is -0.0500. The topological polar surface area (TPSA) is 94.2 Å². The standard InChI is InChI=1S/C19H17N3O3.C10H22N2/c1-2-11-10-17(24)21-22-18(11)13-5-8-15-16(9-13)25-19(20-15)12-3-6-14(23)7-4-12;1-4-10(3)12-8-6-11(5-2)7-9-12/h3-9,11,23H,2,10H2,1H3,(H,21,24);10H,4-9H2,1-3H3. The Morgan fingerprint density at radius 3 is 2.41 bits per heavy atom. The molecule has 1 amide bonds. The van der Waals surface area contributed by atoms with E-state index in [4.69, 9.17) is 4.42 Å². The van der Waals surface area contributed by atoms with Gasteiger partial charge in [-0.25, -0.2) is 10.4 Å². The van der Waals surface area contributed by atoms with Crippen LogP contribution in [-0.2, 0) is 4.79 Å². The molecule has 2 atom stereocenters. The molecule has 198 valence electrons. The maximum absolute atomic E-state index is 11.5. The Morgan fingerprint density at radius 2 is 1.76 bits per heavy atom. The van der Waals surface area contributed by atoms with Crippen molar-refractivity contribution in [1.82, 2.24) is 20.2 Å². The molecule has 8 nitrogen and oxygen atoms in total. The summed E-state index contributed by atoms with van der Waals surface area (Å²) >= 11 is 0. The number of carbonyl (C=O) groups is 1. The Morgan fingerprint density at radius 1 is 1.05 bits per heavy atom. The normalized spacial score (nSPS) is 19.6. The summed E-state index contributed by atoms with van der Waals surface area (Å²) in [6, 6.07) is 13.2. The van der Waals surface area contributed by atoms with Crippen LogP contribution >= 0.6 is 0 Å². The van der Waals surface area contributed by atoms with Crippen molar-refractivity contribution in [2.24, 2.45) is 11.0 Å². The van der Waals surface area contributed by atoms with Crippen LogP contribution in [0.3, 0.4) is 0 Å². The summed E-state index contributed by atoms with van der Waals surface area (Å²) in [5.41, 5.74) is 6.56. The van der Waals surface area contributed by atoms with E-state index in [0.717, 1.165) is 34.8 Å². The van der Waals surface area contributed by atoms with Gasteiger partial charge >= 0.3 is 0 Å². The minimum absolute atomic E-state index is 0.0500. The maximum atomic E-state index is 11.5. The summed E-state index contributed by atoms with van der Waals surface area (Å²) in [7, 11) is 0. The van der Waals surface area contributed by atoms with Gasteiger partial charge in [0.05, 0.1) is 5.71 Å². The maximum Gasteiger partial charge on any atom is 0.240 e. The molecule has 2 unspecified atom stereocenters. The van der Waals surface area contributed by atoms with Crippen LogP contribution in [0, 0.1) is 5.92 Å². The molecule has 2 aromatic carbocycles. The summed E-state index contributed by atoms with van der Waals surface area (Å²) in [5, 5.41) is 13.6. The zero-order chi connectivity index (χ0) is 26.4. The van der Waals surface area contributed by atoms with E-state index in [0.29, 0.717) is 17.9 Å². The number of hydrogen-bond donors (Lipinski definition) is 2. The second-order valence-corrected chi connectivity index (χ2v) is 9.82. The third-order valence-electron chi connectivity index (χ3n) is 7.48. The van der Waals surface area contributed by atoms with Gasteiger partial charge in [0.25, 0.3) is 0 Å². The highest BCUT2D eigenvalue weighted by atomic mass is 16.3. The molecule has 0 bridgehead atoms. The van der Waals surface area contributed by atoms with Crippen molar-refractivity contribution >= 4 is 22.7 Å². The van der Waals surface area contributed by atoms with E-state index in [1.807, 2.05) is 18.2 Å². The number of oxazole rings is 1. The number of rotatable bonds is 6. The molecule has 0 aliphatic carbocycles. The van der Waals surface area contributed by atoms with E-state index < -0.39 is 0 Å². The zero-order valence-electron chi connectivity index (χ0n) is 22.4. The number of amides is 1. The van der Waals surface area contributed by atoms with Gasteiger partial charge in [-0.05, 0) is 62.7 Å². The molecule has 3 aromatic rings. The number of nitrogens with zero attached hydrogens (tertiary/aromatic N) is 4. The summed E-state index contributed by atoms with van der Waals surface area (Å²) in [6.07, 6.45) is 2.58. The van der Waals surface area contributed by atoms with Crippen molar-refractivity contribution < 1.29 is 14.3 Å². The number of piperazine rings is 1. The van der Waals surface area contributed by atoms with Crippen LogP contribution in [-0.4, -0.2) is 70.3 Å². The van der Waals surface area contributed by atoms with Crippen molar-refractivity contribution in [3.63, 3.8) is 0 Å². The number of phenols is 1.